The Morgan fingerprint density at radius 2 is 1.57 bits per heavy atom. The lowest BCUT2D eigenvalue weighted by Gasteiger charge is -2.26. The van der Waals surface area contributed by atoms with Crippen LogP contribution in [0, 0.1) is 22.0 Å². The molecule has 0 bridgehead atoms. The molecule has 2 aliphatic rings. The number of allylic oxidation sites excluding steroid dienone is 4. The van der Waals surface area contributed by atoms with E-state index in [1.165, 1.54) is 41.3 Å². The molecule has 18 nitrogen and oxygen atoms in total. The molecule has 1 aliphatic heterocycles. The second kappa shape index (κ2) is 29.3. The zero-order chi connectivity index (χ0) is 47.6. The fourth-order valence-electron chi connectivity index (χ4n) is 7.55. The van der Waals surface area contributed by atoms with Gasteiger partial charge in [0, 0.05) is 62.3 Å². The SMILES string of the molecule is CCC(CC)[C@H](CNCC(=O)CCCCCCCCN1C(=O)C=CC1=O)CC(=O)N[C@@H](CCCNC(N)=O)C(=O)NC1=C(C)CC=C(CCOC(=O)COc2ccc([N+](=O)[O-])cc2)C=C1. The minimum absolute atomic E-state index is 0.0773. The van der Waals surface area contributed by atoms with Gasteiger partial charge in [-0.3, -0.25) is 39.0 Å². The maximum Gasteiger partial charge on any atom is 0.344 e. The first-order valence-electron chi connectivity index (χ1n) is 22.7. The van der Waals surface area contributed by atoms with Crippen molar-refractivity contribution >= 4 is 47.1 Å². The number of esters is 1. The normalized spacial score (nSPS) is 14.5. The quantitative estimate of drug-likeness (QED) is 0.0201. The zero-order valence-electron chi connectivity index (χ0n) is 38.0. The molecule has 0 saturated heterocycles. The van der Waals surface area contributed by atoms with Crippen molar-refractivity contribution < 1.29 is 48.0 Å². The Bertz CT molecular complexity index is 1900. The summed E-state index contributed by atoms with van der Waals surface area (Å²) >= 11 is 0. The summed E-state index contributed by atoms with van der Waals surface area (Å²) in [4.78, 5) is 98.6. The number of nitro benzene ring substituents is 1. The van der Waals surface area contributed by atoms with Gasteiger partial charge in [-0.1, -0.05) is 64.5 Å². The number of hydrogen-bond donors (Lipinski definition) is 5. The molecule has 65 heavy (non-hydrogen) atoms. The number of Topliss-reactive ketones (excluding diaryl/α,β-unsaturated/α-hetero) is 1. The Hall–Kier alpha value is -6.17. The van der Waals surface area contributed by atoms with E-state index in [0.29, 0.717) is 50.2 Å². The van der Waals surface area contributed by atoms with Crippen LogP contribution < -0.4 is 31.7 Å². The largest absolute Gasteiger partial charge is 0.482 e. The lowest BCUT2D eigenvalue weighted by molar-refractivity contribution is -0.384. The van der Waals surface area contributed by atoms with E-state index < -0.39 is 28.9 Å². The Kier molecular flexibility index (Phi) is 24.0. The van der Waals surface area contributed by atoms with E-state index in [4.69, 9.17) is 15.2 Å². The molecule has 356 valence electrons. The summed E-state index contributed by atoms with van der Waals surface area (Å²) in [6.07, 6.45) is 17.2. The number of rotatable bonds is 32. The Balaban J connectivity index is 1.46. The Labute approximate surface area is 381 Å². The van der Waals surface area contributed by atoms with Gasteiger partial charge in [0.1, 0.15) is 17.6 Å². The number of imide groups is 1. The fraction of sp³-hybridized carbons (Fsp3) is 0.553. The van der Waals surface area contributed by atoms with Crippen LogP contribution in [-0.2, 0) is 33.5 Å². The smallest absolute Gasteiger partial charge is 0.344 e. The first-order valence-corrected chi connectivity index (χ1v) is 22.7. The molecular weight excluding hydrogens is 839 g/mol. The first kappa shape index (κ1) is 53.2. The van der Waals surface area contributed by atoms with Gasteiger partial charge in [-0.25, -0.2) is 9.59 Å². The van der Waals surface area contributed by atoms with Gasteiger partial charge in [0.2, 0.25) is 11.8 Å². The van der Waals surface area contributed by atoms with Gasteiger partial charge < -0.3 is 36.5 Å². The van der Waals surface area contributed by atoms with E-state index in [9.17, 15) is 43.7 Å². The molecule has 1 aliphatic carbocycles. The number of urea groups is 1. The lowest BCUT2D eigenvalue weighted by Crippen LogP contribution is -2.48. The van der Waals surface area contributed by atoms with Crippen molar-refractivity contribution in [3.8, 4) is 5.75 Å². The number of nitrogens with two attached hydrogens (primary N) is 1. The Morgan fingerprint density at radius 3 is 2.23 bits per heavy atom. The van der Waals surface area contributed by atoms with Crippen LogP contribution in [0.15, 0.2) is 71.5 Å². The van der Waals surface area contributed by atoms with Crippen LogP contribution in [0.4, 0.5) is 10.5 Å². The van der Waals surface area contributed by atoms with Gasteiger partial charge in [0.05, 0.1) is 18.1 Å². The van der Waals surface area contributed by atoms with Crippen molar-refractivity contribution in [2.75, 3.05) is 39.4 Å². The second-order valence-corrected chi connectivity index (χ2v) is 16.3. The van der Waals surface area contributed by atoms with E-state index in [0.717, 1.165) is 62.5 Å². The number of hydrogen-bond acceptors (Lipinski definition) is 12. The van der Waals surface area contributed by atoms with Gasteiger partial charge in [0.25, 0.3) is 17.5 Å². The number of non-ortho nitro benzene ring substituents is 1. The highest BCUT2D eigenvalue weighted by atomic mass is 16.6. The third-order valence-electron chi connectivity index (χ3n) is 11.4. The second-order valence-electron chi connectivity index (χ2n) is 16.3. The third-order valence-corrected chi connectivity index (χ3v) is 11.4. The van der Waals surface area contributed by atoms with E-state index >= 15 is 0 Å². The molecule has 1 aromatic rings. The molecule has 1 aromatic carbocycles. The number of nitrogens with one attached hydrogen (secondary N) is 4. The molecule has 3 rings (SSSR count). The van der Waals surface area contributed by atoms with E-state index in [1.807, 2.05) is 19.1 Å². The highest BCUT2D eigenvalue weighted by molar-refractivity contribution is 6.12. The minimum atomic E-state index is -0.915. The van der Waals surface area contributed by atoms with Gasteiger partial charge in [-0.05, 0) is 86.8 Å². The molecule has 0 unspecified atom stereocenters. The topological polar surface area (TPSA) is 258 Å². The van der Waals surface area contributed by atoms with Crippen molar-refractivity contribution in [2.45, 2.75) is 117 Å². The predicted molar refractivity (Wildman–Crippen MR) is 244 cm³/mol. The molecule has 6 amide bonds. The maximum absolute atomic E-state index is 13.8. The van der Waals surface area contributed by atoms with Crippen LogP contribution >= 0.6 is 0 Å². The summed E-state index contributed by atoms with van der Waals surface area (Å²) in [5, 5.41) is 22.5. The van der Waals surface area contributed by atoms with E-state index in [2.05, 4.69) is 35.1 Å². The Morgan fingerprint density at radius 1 is 0.892 bits per heavy atom. The molecule has 6 N–H and O–H groups in total. The summed E-state index contributed by atoms with van der Waals surface area (Å²) in [7, 11) is 0. The highest BCUT2D eigenvalue weighted by Gasteiger charge is 2.27. The van der Waals surface area contributed by atoms with E-state index in [1.54, 1.807) is 6.08 Å². The molecule has 2 atom stereocenters. The molecule has 18 heteroatoms. The summed E-state index contributed by atoms with van der Waals surface area (Å²) in [5.41, 5.74) is 7.45. The molecule has 0 fully saturated rings. The van der Waals surface area contributed by atoms with Gasteiger partial charge >= 0.3 is 12.0 Å². The van der Waals surface area contributed by atoms with Crippen molar-refractivity contribution in [2.24, 2.45) is 17.6 Å². The number of benzene rings is 1. The van der Waals surface area contributed by atoms with Crippen LogP contribution in [0.1, 0.15) is 111 Å². The summed E-state index contributed by atoms with van der Waals surface area (Å²) in [5.74, 6) is -1.31. The molecular formula is C47H67N7O11. The molecule has 0 radical (unpaired) electrons. The maximum atomic E-state index is 13.8. The number of nitro groups is 1. The molecule has 1 heterocycles. The van der Waals surface area contributed by atoms with Crippen molar-refractivity contribution in [1.82, 2.24) is 26.2 Å². The average Bonchev–Trinajstić information content (AvgIpc) is 3.49. The number of amides is 6. The van der Waals surface area contributed by atoms with Crippen molar-refractivity contribution in [3.05, 3.63) is 81.6 Å². The molecule has 0 saturated carbocycles. The predicted octanol–water partition coefficient (Wildman–Crippen LogP) is 5.37. The monoisotopic (exact) mass is 905 g/mol. The number of carbonyl (C=O) groups excluding carboxylic acids is 7. The third kappa shape index (κ3) is 20.5. The summed E-state index contributed by atoms with van der Waals surface area (Å²) in [6, 6.07) is 3.75. The fourth-order valence-corrected chi connectivity index (χ4v) is 7.55. The highest BCUT2D eigenvalue weighted by Crippen LogP contribution is 2.23. The van der Waals surface area contributed by atoms with Gasteiger partial charge in [-0.15, -0.1) is 0 Å². The van der Waals surface area contributed by atoms with Crippen molar-refractivity contribution in [1.29, 1.82) is 0 Å². The number of primary amides is 1. The molecule has 0 aromatic heterocycles. The first-order chi connectivity index (χ1) is 31.2. The van der Waals surface area contributed by atoms with E-state index in [-0.39, 0.29) is 80.2 Å². The number of ketones is 1. The average molecular weight is 906 g/mol. The molecule has 0 spiro atoms. The van der Waals surface area contributed by atoms with Crippen LogP contribution in [0.25, 0.3) is 0 Å². The minimum Gasteiger partial charge on any atom is -0.482 e. The van der Waals surface area contributed by atoms with Crippen molar-refractivity contribution in [3.63, 3.8) is 0 Å². The van der Waals surface area contributed by atoms with Crippen LogP contribution in [0.5, 0.6) is 5.75 Å². The van der Waals surface area contributed by atoms with Gasteiger partial charge in [0.15, 0.2) is 6.61 Å². The summed E-state index contributed by atoms with van der Waals surface area (Å²) in [6.45, 7) is 7.04. The number of carbonyl (C=O) groups is 7. The zero-order valence-corrected chi connectivity index (χ0v) is 38.0. The number of ether oxygens (including phenoxy) is 2. The number of nitrogens with zero attached hydrogens (tertiary/aromatic N) is 2. The van der Waals surface area contributed by atoms with Crippen LogP contribution in [0.2, 0.25) is 0 Å². The number of unbranched alkanes of at least 4 members (excludes halogenated alkanes) is 5. The van der Waals surface area contributed by atoms with Crippen LogP contribution in [0.3, 0.4) is 0 Å². The van der Waals surface area contributed by atoms with Gasteiger partial charge in [-0.2, -0.15) is 0 Å². The standard InChI is InChI=1S/C47H67N7O11/c1-4-35(5-2)36(30-49-31-38(55)13-10-8-6-7-9-11-27-53-43(57)23-24-44(53)58)29-42(56)51-41(14-12-26-50-47(48)61)46(60)52-40-22-17-34(16-15-33(40)3)25-28-64-45(59)32-65-39-20-18-37(19-21-39)54(62)63/h16-24,35-36,41,49H,4-15,25-32H2,1-3H3,(H,51,56)(H,52,60)(H3,48,50,61)/t36-,41-/m0/s1. The lowest BCUT2D eigenvalue weighted by atomic mass is 9.85. The van der Waals surface area contributed by atoms with Crippen LogP contribution in [-0.4, -0.2) is 96.7 Å². The summed E-state index contributed by atoms with van der Waals surface area (Å²) < 4.78 is 10.7.